The molecule has 0 atom stereocenters. The van der Waals surface area contributed by atoms with Crippen LogP contribution in [-0.2, 0) is 6.18 Å². The predicted molar refractivity (Wildman–Crippen MR) is 58.5 cm³/mol. The molecule has 0 heterocycles. The zero-order valence-corrected chi connectivity index (χ0v) is 9.00. The minimum Gasteiger partial charge on any atom is -0.504 e. The van der Waals surface area contributed by atoms with Crippen molar-refractivity contribution in [2.75, 3.05) is 0 Å². The third kappa shape index (κ3) is 2.30. The first kappa shape index (κ1) is 12.4. The van der Waals surface area contributed by atoms with Crippen molar-refractivity contribution in [1.82, 2.24) is 0 Å². The van der Waals surface area contributed by atoms with Gasteiger partial charge in [0.2, 0.25) is 0 Å². The van der Waals surface area contributed by atoms with Crippen LogP contribution in [0.2, 0.25) is 0 Å². The van der Waals surface area contributed by atoms with E-state index in [-0.39, 0.29) is 5.56 Å². The van der Waals surface area contributed by atoms with Crippen LogP contribution in [0.15, 0.2) is 42.5 Å². The largest absolute Gasteiger partial charge is 0.504 e. The molecule has 1 nitrogen and oxygen atoms in total. The van der Waals surface area contributed by atoms with E-state index < -0.39 is 23.3 Å². The molecule has 2 rings (SSSR count). The van der Waals surface area contributed by atoms with Gasteiger partial charge in [0.05, 0.1) is 5.56 Å². The molecule has 0 aliphatic rings. The van der Waals surface area contributed by atoms with Gasteiger partial charge in [0.15, 0.2) is 11.6 Å². The second kappa shape index (κ2) is 4.33. The number of benzene rings is 2. The highest BCUT2D eigenvalue weighted by Gasteiger charge is 2.30. The van der Waals surface area contributed by atoms with Crippen LogP contribution in [-0.4, -0.2) is 5.11 Å². The lowest BCUT2D eigenvalue weighted by Gasteiger charge is -2.09. The smallest absolute Gasteiger partial charge is 0.416 e. The fourth-order valence-electron chi connectivity index (χ4n) is 1.59. The maximum Gasteiger partial charge on any atom is 0.416 e. The molecule has 2 aromatic rings. The minimum atomic E-state index is -4.41. The Bertz CT molecular complexity index is 558. The molecule has 1 N–H and O–H groups in total. The molecule has 0 amide bonds. The van der Waals surface area contributed by atoms with E-state index >= 15 is 0 Å². The number of para-hydroxylation sites is 1. The summed E-state index contributed by atoms with van der Waals surface area (Å²) in [6.07, 6.45) is -4.41. The van der Waals surface area contributed by atoms with Crippen molar-refractivity contribution >= 4 is 0 Å². The lowest BCUT2D eigenvalue weighted by molar-refractivity contribution is -0.137. The van der Waals surface area contributed by atoms with E-state index in [1.165, 1.54) is 24.3 Å². The normalized spacial score (nSPS) is 11.6. The van der Waals surface area contributed by atoms with Gasteiger partial charge in [-0.15, -0.1) is 0 Å². The van der Waals surface area contributed by atoms with Gasteiger partial charge in [-0.1, -0.05) is 24.3 Å². The number of aromatic hydroxyl groups is 1. The maximum atomic E-state index is 13.1. The van der Waals surface area contributed by atoms with Gasteiger partial charge < -0.3 is 5.11 Å². The SMILES string of the molecule is Oc1c(F)cccc1-c1ccc(C(F)(F)F)cc1. The van der Waals surface area contributed by atoms with Crippen molar-refractivity contribution in [1.29, 1.82) is 0 Å². The Kier molecular flexibility index (Phi) is 2.98. The van der Waals surface area contributed by atoms with E-state index in [1.54, 1.807) is 0 Å². The second-order valence-corrected chi connectivity index (χ2v) is 3.71. The molecule has 0 unspecified atom stereocenters. The summed E-state index contributed by atoms with van der Waals surface area (Å²) in [5.41, 5.74) is -0.314. The third-order valence-corrected chi connectivity index (χ3v) is 2.51. The standard InChI is InChI=1S/C13H8F4O/c14-11-3-1-2-10(12(11)18)8-4-6-9(7-5-8)13(15,16)17/h1-7,18H. The first-order chi connectivity index (χ1) is 8.39. The molecule has 0 saturated carbocycles. The predicted octanol–water partition coefficient (Wildman–Crippen LogP) is 4.22. The second-order valence-electron chi connectivity index (χ2n) is 3.71. The van der Waals surface area contributed by atoms with Gasteiger partial charge in [-0.25, -0.2) is 4.39 Å². The van der Waals surface area contributed by atoms with Gasteiger partial charge in [0.25, 0.3) is 0 Å². The van der Waals surface area contributed by atoms with Gasteiger partial charge in [-0.3, -0.25) is 0 Å². The Hall–Kier alpha value is -2.04. The van der Waals surface area contributed by atoms with E-state index in [0.29, 0.717) is 5.56 Å². The number of phenols is 1. The van der Waals surface area contributed by atoms with E-state index in [9.17, 15) is 22.7 Å². The van der Waals surface area contributed by atoms with E-state index in [1.807, 2.05) is 0 Å². The first-order valence-electron chi connectivity index (χ1n) is 5.04. The molecule has 0 spiro atoms. The highest BCUT2D eigenvalue weighted by atomic mass is 19.4. The summed E-state index contributed by atoms with van der Waals surface area (Å²) in [6, 6.07) is 8.04. The van der Waals surface area contributed by atoms with Crippen LogP contribution in [0.4, 0.5) is 17.6 Å². The molecule has 0 saturated heterocycles. The highest BCUT2D eigenvalue weighted by Crippen LogP contribution is 2.34. The molecule has 0 aliphatic carbocycles. The summed E-state index contributed by atoms with van der Waals surface area (Å²) in [7, 11) is 0. The fraction of sp³-hybridized carbons (Fsp3) is 0.0769. The van der Waals surface area contributed by atoms with E-state index in [0.717, 1.165) is 18.2 Å². The third-order valence-electron chi connectivity index (χ3n) is 2.51. The van der Waals surface area contributed by atoms with E-state index in [4.69, 9.17) is 0 Å². The average Bonchev–Trinajstić information content (AvgIpc) is 2.32. The molecular weight excluding hydrogens is 248 g/mol. The van der Waals surface area contributed by atoms with Crippen molar-refractivity contribution in [2.45, 2.75) is 6.18 Å². The quantitative estimate of drug-likeness (QED) is 0.757. The Balaban J connectivity index is 2.44. The van der Waals surface area contributed by atoms with Crippen molar-refractivity contribution in [3.63, 3.8) is 0 Å². The molecular formula is C13H8F4O. The molecule has 18 heavy (non-hydrogen) atoms. The topological polar surface area (TPSA) is 20.2 Å². The Morgan fingerprint density at radius 2 is 1.50 bits per heavy atom. The summed E-state index contributed by atoms with van der Waals surface area (Å²) in [6.45, 7) is 0. The number of phenolic OH excluding ortho intramolecular Hbond substituents is 1. The van der Waals surface area contributed by atoms with Gasteiger partial charge in [0.1, 0.15) is 0 Å². The average molecular weight is 256 g/mol. The minimum absolute atomic E-state index is 0.156. The van der Waals surface area contributed by atoms with Gasteiger partial charge in [-0.2, -0.15) is 13.2 Å². The van der Waals surface area contributed by atoms with Crippen LogP contribution in [0.3, 0.4) is 0 Å². The molecule has 0 bridgehead atoms. The van der Waals surface area contributed by atoms with Crippen molar-refractivity contribution in [3.05, 3.63) is 53.8 Å². The maximum absolute atomic E-state index is 13.1. The molecule has 0 aromatic heterocycles. The summed E-state index contributed by atoms with van der Waals surface area (Å²) < 4.78 is 50.2. The van der Waals surface area contributed by atoms with Crippen LogP contribution in [0.25, 0.3) is 11.1 Å². The number of alkyl halides is 3. The number of rotatable bonds is 1. The van der Waals surface area contributed by atoms with Gasteiger partial charge in [0, 0.05) is 5.56 Å². The number of hydrogen-bond donors (Lipinski definition) is 1. The summed E-state index contributed by atoms with van der Waals surface area (Å²) in [4.78, 5) is 0. The van der Waals surface area contributed by atoms with Crippen LogP contribution in [0, 0.1) is 5.82 Å². The Labute approximate surface area is 100 Å². The van der Waals surface area contributed by atoms with Crippen LogP contribution in [0.5, 0.6) is 5.75 Å². The lowest BCUT2D eigenvalue weighted by atomic mass is 10.0. The molecule has 0 fully saturated rings. The molecule has 2 aromatic carbocycles. The summed E-state index contributed by atoms with van der Waals surface area (Å²) in [5, 5.41) is 9.48. The van der Waals surface area contributed by atoms with Crippen LogP contribution < -0.4 is 0 Å². The number of halogens is 4. The van der Waals surface area contributed by atoms with Crippen LogP contribution >= 0.6 is 0 Å². The Morgan fingerprint density at radius 1 is 0.889 bits per heavy atom. The molecule has 94 valence electrons. The monoisotopic (exact) mass is 256 g/mol. The number of hydrogen-bond acceptors (Lipinski definition) is 1. The van der Waals surface area contributed by atoms with Gasteiger partial charge >= 0.3 is 6.18 Å². The zero-order chi connectivity index (χ0) is 13.3. The van der Waals surface area contributed by atoms with Gasteiger partial charge in [-0.05, 0) is 23.8 Å². The molecule has 5 heteroatoms. The Morgan fingerprint density at radius 3 is 2.06 bits per heavy atom. The fourth-order valence-corrected chi connectivity index (χ4v) is 1.59. The summed E-state index contributed by atoms with van der Waals surface area (Å²) in [5.74, 6) is -1.38. The first-order valence-corrected chi connectivity index (χ1v) is 5.04. The molecule has 0 aliphatic heterocycles. The van der Waals surface area contributed by atoms with E-state index in [2.05, 4.69) is 0 Å². The molecule has 0 radical (unpaired) electrons. The summed E-state index contributed by atoms with van der Waals surface area (Å²) >= 11 is 0. The lowest BCUT2D eigenvalue weighted by Crippen LogP contribution is -2.04. The highest BCUT2D eigenvalue weighted by molar-refractivity contribution is 5.70. The van der Waals surface area contributed by atoms with Crippen molar-refractivity contribution in [3.8, 4) is 16.9 Å². The van der Waals surface area contributed by atoms with Crippen LogP contribution in [0.1, 0.15) is 5.56 Å². The van der Waals surface area contributed by atoms with Crippen molar-refractivity contribution in [2.24, 2.45) is 0 Å². The van der Waals surface area contributed by atoms with Crippen molar-refractivity contribution < 1.29 is 22.7 Å². The zero-order valence-electron chi connectivity index (χ0n) is 9.00.